The SMILES string of the molecule is C=CNC1=CCC(c2c(-c3ccc(F)cc3)nc3c(N(C)CCC)nccn23)C=C1CC. The number of nitrogens with zero attached hydrogens (tertiary/aromatic N) is 4. The molecule has 32 heavy (non-hydrogen) atoms. The van der Waals surface area contributed by atoms with Crippen LogP contribution in [-0.2, 0) is 0 Å². The van der Waals surface area contributed by atoms with Crippen LogP contribution in [0.4, 0.5) is 10.2 Å². The normalized spacial score (nSPS) is 15.9. The van der Waals surface area contributed by atoms with Gasteiger partial charge in [0.2, 0.25) is 0 Å². The van der Waals surface area contributed by atoms with Gasteiger partial charge in [0.1, 0.15) is 5.82 Å². The van der Waals surface area contributed by atoms with Crippen LogP contribution in [0.15, 0.2) is 72.9 Å². The van der Waals surface area contributed by atoms with Crippen LogP contribution in [0.1, 0.15) is 44.7 Å². The van der Waals surface area contributed by atoms with Crippen LogP contribution < -0.4 is 10.2 Å². The van der Waals surface area contributed by atoms with Gasteiger partial charge >= 0.3 is 0 Å². The smallest absolute Gasteiger partial charge is 0.181 e. The van der Waals surface area contributed by atoms with Gasteiger partial charge in [-0.1, -0.05) is 32.6 Å². The van der Waals surface area contributed by atoms with E-state index in [9.17, 15) is 4.39 Å². The highest BCUT2D eigenvalue weighted by atomic mass is 19.1. The van der Waals surface area contributed by atoms with Crippen molar-refractivity contribution < 1.29 is 4.39 Å². The van der Waals surface area contributed by atoms with Gasteiger partial charge in [0.25, 0.3) is 0 Å². The van der Waals surface area contributed by atoms with E-state index in [1.807, 2.05) is 19.4 Å². The molecule has 1 aliphatic rings. The maximum Gasteiger partial charge on any atom is 0.181 e. The largest absolute Gasteiger partial charge is 0.362 e. The fourth-order valence-corrected chi connectivity index (χ4v) is 4.40. The first-order chi connectivity index (χ1) is 15.6. The lowest BCUT2D eigenvalue weighted by Gasteiger charge is -2.23. The summed E-state index contributed by atoms with van der Waals surface area (Å²) in [6, 6.07) is 6.59. The summed E-state index contributed by atoms with van der Waals surface area (Å²) in [5.74, 6) is 0.740. The summed E-state index contributed by atoms with van der Waals surface area (Å²) in [5.41, 5.74) is 6.05. The van der Waals surface area contributed by atoms with Gasteiger partial charge in [0.05, 0.1) is 11.4 Å². The molecule has 6 heteroatoms. The Morgan fingerprint density at radius 2 is 2.06 bits per heavy atom. The van der Waals surface area contributed by atoms with Gasteiger partial charge in [0, 0.05) is 43.2 Å². The van der Waals surface area contributed by atoms with Gasteiger partial charge in [-0.05, 0) is 55.3 Å². The summed E-state index contributed by atoms with van der Waals surface area (Å²) in [6.07, 6.45) is 12.9. The van der Waals surface area contributed by atoms with E-state index in [2.05, 4.69) is 52.2 Å². The highest BCUT2D eigenvalue weighted by Crippen LogP contribution is 2.38. The second-order valence-electron chi connectivity index (χ2n) is 8.07. The van der Waals surface area contributed by atoms with Crippen LogP contribution in [0.25, 0.3) is 16.9 Å². The molecule has 0 aliphatic heterocycles. The summed E-state index contributed by atoms with van der Waals surface area (Å²) in [5, 5.41) is 3.26. The van der Waals surface area contributed by atoms with Crippen molar-refractivity contribution in [1.29, 1.82) is 0 Å². The molecule has 0 radical (unpaired) electrons. The number of aromatic nitrogens is 3. The molecule has 4 rings (SSSR count). The minimum absolute atomic E-state index is 0.141. The van der Waals surface area contributed by atoms with Crippen LogP contribution in [0.2, 0.25) is 0 Å². The van der Waals surface area contributed by atoms with Crippen LogP contribution >= 0.6 is 0 Å². The highest BCUT2D eigenvalue weighted by Gasteiger charge is 2.26. The highest BCUT2D eigenvalue weighted by molar-refractivity contribution is 5.74. The van der Waals surface area contributed by atoms with Crippen molar-refractivity contribution >= 4 is 11.5 Å². The topological polar surface area (TPSA) is 45.5 Å². The molecule has 166 valence electrons. The first-order valence-corrected chi connectivity index (χ1v) is 11.2. The number of fused-ring (bicyclic) bond motifs is 1. The minimum atomic E-state index is -0.252. The van der Waals surface area contributed by atoms with E-state index in [1.54, 1.807) is 18.3 Å². The van der Waals surface area contributed by atoms with Crippen molar-refractivity contribution in [3.63, 3.8) is 0 Å². The molecule has 0 bridgehead atoms. The molecule has 3 aromatic rings. The maximum atomic E-state index is 13.7. The van der Waals surface area contributed by atoms with Crippen molar-refractivity contribution in [3.05, 3.63) is 84.4 Å². The number of allylic oxidation sites excluding steroid dienone is 3. The molecule has 1 aromatic carbocycles. The molecule has 0 saturated carbocycles. The summed E-state index contributed by atoms with van der Waals surface area (Å²) in [6.45, 7) is 9.00. The van der Waals surface area contributed by atoms with Gasteiger partial charge in [-0.25, -0.2) is 14.4 Å². The molecule has 1 aliphatic carbocycles. The van der Waals surface area contributed by atoms with Crippen molar-refractivity contribution in [2.45, 2.75) is 39.0 Å². The monoisotopic (exact) mass is 431 g/mol. The Labute approximate surface area is 189 Å². The van der Waals surface area contributed by atoms with Crippen molar-refractivity contribution in [3.8, 4) is 11.3 Å². The second-order valence-corrected chi connectivity index (χ2v) is 8.07. The number of benzene rings is 1. The van der Waals surface area contributed by atoms with Gasteiger partial charge in [-0.15, -0.1) is 0 Å². The molecule has 0 fully saturated rings. The van der Waals surface area contributed by atoms with Crippen LogP contribution in [0.3, 0.4) is 0 Å². The number of anilines is 1. The number of halogens is 1. The Kier molecular flexibility index (Phi) is 6.40. The van der Waals surface area contributed by atoms with Crippen LogP contribution in [-0.4, -0.2) is 28.0 Å². The Bertz CT molecular complexity index is 1170. The molecular weight excluding hydrogens is 401 g/mol. The summed E-state index contributed by atoms with van der Waals surface area (Å²) < 4.78 is 15.8. The van der Waals surface area contributed by atoms with E-state index in [-0.39, 0.29) is 11.7 Å². The quantitative estimate of drug-likeness (QED) is 0.488. The van der Waals surface area contributed by atoms with Gasteiger partial charge in [-0.2, -0.15) is 0 Å². The molecule has 5 nitrogen and oxygen atoms in total. The van der Waals surface area contributed by atoms with E-state index >= 15 is 0 Å². The zero-order valence-corrected chi connectivity index (χ0v) is 19.0. The second kappa shape index (κ2) is 9.39. The average Bonchev–Trinajstić information content (AvgIpc) is 3.20. The first kappa shape index (κ1) is 21.8. The lowest BCUT2D eigenvalue weighted by atomic mass is 9.88. The first-order valence-electron chi connectivity index (χ1n) is 11.2. The zero-order chi connectivity index (χ0) is 22.7. The van der Waals surface area contributed by atoms with E-state index in [0.29, 0.717) is 0 Å². The standard InChI is InChI=1S/C26H30FN5/c1-5-15-31(4)25-26-30-23(19-8-11-21(27)12-9-19)24(32(26)16-14-29-25)20-10-13-22(28-7-3)18(6-2)17-20/h7-9,11-14,16-17,20,28H,3,5-6,10,15H2,1-2,4H3. The Balaban J connectivity index is 1.91. The third-order valence-corrected chi connectivity index (χ3v) is 5.91. The number of hydrogen-bond acceptors (Lipinski definition) is 4. The van der Waals surface area contributed by atoms with Gasteiger partial charge in [-0.3, -0.25) is 4.40 Å². The third kappa shape index (κ3) is 4.05. The summed E-state index contributed by atoms with van der Waals surface area (Å²) >= 11 is 0. The van der Waals surface area contributed by atoms with Crippen molar-refractivity contribution in [2.24, 2.45) is 0 Å². The van der Waals surface area contributed by atoms with Gasteiger partial charge in [0.15, 0.2) is 11.5 Å². The van der Waals surface area contributed by atoms with E-state index < -0.39 is 0 Å². The molecule has 0 amide bonds. The van der Waals surface area contributed by atoms with Crippen molar-refractivity contribution in [1.82, 2.24) is 19.7 Å². The molecule has 1 atom stereocenters. The van der Waals surface area contributed by atoms with Crippen molar-refractivity contribution in [2.75, 3.05) is 18.5 Å². The molecule has 1 N–H and O–H groups in total. The molecular formula is C26H30FN5. The molecule has 0 saturated heterocycles. The number of imidazole rings is 1. The predicted octanol–water partition coefficient (Wildman–Crippen LogP) is 5.82. The lowest BCUT2D eigenvalue weighted by molar-refractivity contribution is 0.628. The Morgan fingerprint density at radius 3 is 2.75 bits per heavy atom. The fourth-order valence-electron chi connectivity index (χ4n) is 4.40. The number of nitrogens with one attached hydrogen (secondary N) is 1. The minimum Gasteiger partial charge on any atom is -0.362 e. The third-order valence-electron chi connectivity index (χ3n) is 5.91. The van der Waals surface area contributed by atoms with Crippen LogP contribution in [0, 0.1) is 5.82 Å². The fraction of sp³-hybridized carbons (Fsp3) is 0.308. The zero-order valence-electron chi connectivity index (χ0n) is 19.0. The van der Waals surface area contributed by atoms with E-state index in [1.165, 1.54) is 17.7 Å². The lowest BCUT2D eigenvalue weighted by Crippen LogP contribution is -2.20. The Morgan fingerprint density at radius 1 is 1.28 bits per heavy atom. The van der Waals surface area contributed by atoms with E-state index in [4.69, 9.17) is 4.98 Å². The molecule has 0 spiro atoms. The molecule has 2 heterocycles. The molecule has 2 aromatic heterocycles. The number of hydrogen-bond donors (Lipinski definition) is 1. The molecule has 1 unspecified atom stereocenters. The summed E-state index contributed by atoms with van der Waals surface area (Å²) in [4.78, 5) is 11.8. The van der Waals surface area contributed by atoms with Crippen LogP contribution in [0.5, 0.6) is 0 Å². The average molecular weight is 432 g/mol. The van der Waals surface area contributed by atoms with Gasteiger partial charge < -0.3 is 10.2 Å². The summed E-state index contributed by atoms with van der Waals surface area (Å²) in [7, 11) is 2.05. The predicted molar refractivity (Wildman–Crippen MR) is 129 cm³/mol. The maximum absolute atomic E-state index is 13.7. The van der Waals surface area contributed by atoms with E-state index in [0.717, 1.165) is 59.9 Å². The number of rotatable bonds is 8. The Hall–Kier alpha value is -3.41.